The Morgan fingerprint density at radius 2 is 1.74 bits per heavy atom. The number of phenols is 1. The second-order valence-electron chi connectivity index (χ2n) is 6.36. The summed E-state index contributed by atoms with van der Waals surface area (Å²) in [5.41, 5.74) is 2.79. The third-order valence-electron chi connectivity index (χ3n) is 4.70. The summed E-state index contributed by atoms with van der Waals surface area (Å²) in [4.78, 5) is 27.2. The van der Waals surface area contributed by atoms with Crippen LogP contribution in [0.5, 0.6) is 5.75 Å². The Hall–Kier alpha value is -3.34. The van der Waals surface area contributed by atoms with Gasteiger partial charge in [0.2, 0.25) is 0 Å². The van der Waals surface area contributed by atoms with Crippen LogP contribution in [0.1, 0.15) is 31.0 Å². The van der Waals surface area contributed by atoms with Crippen LogP contribution >= 0.6 is 0 Å². The van der Waals surface area contributed by atoms with Gasteiger partial charge in [-0.3, -0.25) is 4.79 Å². The number of nitrogens with zero attached hydrogens (tertiary/aromatic N) is 1. The van der Waals surface area contributed by atoms with Crippen molar-refractivity contribution in [2.24, 2.45) is 0 Å². The van der Waals surface area contributed by atoms with Gasteiger partial charge in [-0.15, -0.1) is 0 Å². The quantitative estimate of drug-likeness (QED) is 0.662. The molecule has 1 aliphatic heterocycles. The number of methoxy groups -OCH3 is 1. The first-order chi connectivity index (χ1) is 12.9. The van der Waals surface area contributed by atoms with E-state index >= 15 is 0 Å². The van der Waals surface area contributed by atoms with Crippen LogP contribution in [0, 0.1) is 0 Å². The van der Waals surface area contributed by atoms with Crippen molar-refractivity contribution in [3.05, 3.63) is 82.6 Å². The second kappa shape index (κ2) is 7.50. The number of hydrogen-bond acceptors (Lipinski definition) is 4. The molecular formula is C22H21NO4. The first-order valence-corrected chi connectivity index (χ1v) is 8.63. The fraction of sp³-hybridized carbons (Fsp3) is 0.182. The van der Waals surface area contributed by atoms with E-state index in [2.05, 4.69) is 0 Å². The zero-order valence-electron chi connectivity index (χ0n) is 15.5. The zero-order chi connectivity index (χ0) is 19.6. The maximum Gasteiger partial charge on any atom is 0.340 e. The molecule has 1 heterocycles. The summed E-state index contributed by atoms with van der Waals surface area (Å²) in [6.45, 7) is 3.68. The van der Waals surface area contributed by atoms with Crippen molar-refractivity contribution < 1.29 is 19.4 Å². The van der Waals surface area contributed by atoms with Crippen LogP contribution in [-0.2, 0) is 14.3 Å². The Bertz CT molecular complexity index is 927. The smallest absolute Gasteiger partial charge is 0.340 e. The number of allylic oxidation sites excluding steroid dienone is 1. The molecule has 2 aromatic carbocycles. The number of hydrogen-bond donors (Lipinski definition) is 1. The van der Waals surface area contributed by atoms with E-state index in [0.29, 0.717) is 11.3 Å². The molecule has 0 bridgehead atoms. The van der Waals surface area contributed by atoms with Gasteiger partial charge in [-0.1, -0.05) is 42.5 Å². The lowest BCUT2D eigenvalue weighted by Crippen LogP contribution is -2.28. The largest absolute Gasteiger partial charge is 0.508 e. The molecule has 1 N–H and O–H groups in total. The highest BCUT2D eigenvalue weighted by atomic mass is 16.5. The standard InChI is InChI=1S/C22H21NO4/c1-14(17-7-5-4-6-8-17)23-15(2)20(22(26)27-3)19(21(23)25)13-16-9-11-18(24)12-10-16/h4-14,24H,1-3H3/b19-13-/t14-/m1/s1. The molecule has 0 fully saturated rings. The topological polar surface area (TPSA) is 66.8 Å². The first kappa shape index (κ1) is 18.5. The number of phenolic OH excluding ortho intramolecular Hbond substituents is 1. The lowest BCUT2D eigenvalue weighted by atomic mass is 10.0. The highest BCUT2D eigenvalue weighted by molar-refractivity contribution is 6.16. The molecule has 0 saturated carbocycles. The number of amides is 1. The van der Waals surface area contributed by atoms with Crippen LogP contribution in [0.3, 0.4) is 0 Å². The molecule has 1 atom stereocenters. The predicted octanol–water partition coefficient (Wildman–Crippen LogP) is 3.83. The number of rotatable bonds is 4. The van der Waals surface area contributed by atoms with Crippen LogP contribution in [0.2, 0.25) is 0 Å². The fourth-order valence-electron chi connectivity index (χ4n) is 3.28. The van der Waals surface area contributed by atoms with E-state index in [1.807, 2.05) is 37.3 Å². The summed E-state index contributed by atoms with van der Waals surface area (Å²) in [7, 11) is 1.30. The van der Waals surface area contributed by atoms with Gasteiger partial charge in [0.15, 0.2) is 0 Å². The maximum absolute atomic E-state index is 13.2. The number of carbonyl (C=O) groups is 2. The molecule has 27 heavy (non-hydrogen) atoms. The normalized spacial score (nSPS) is 16.8. The molecule has 1 amide bonds. The predicted molar refractivity (Wildman–Crippen MR) is 103 cm³/mol. The van der Waals surface area contributed by atoms with Crippen LogP contribution in [0.4, 0.5) is 0 Å². The first-order valence-electron chi connectivity index (χ1n) is 8.63. The van der Waals surface area contributed by atoms with E-state index < -0.39 is 5.97 Å². The maximum atomic E-state index is 13.2. The van der Waals surface area contributed by atoms with Crippen molar-refractivity contribution in [1.82, 2.24) is 4.90 Å². The Kier molecular flexibility index (Phi) is 5.12. The van der Waals surface area contributed by atoms with Gasteiger partial charge in [0.05, 0.1) is 24.3 Å². The molecule has 0 unspecified atom stereocenters. The average molecular weight is 363 g/mol. The van der Waals surface area contributed by atoms with Crippen molar-refractivity contribution in [3.8, 4) is 5.75 Å². The molecule has 0 radical (unpaired) electrons. The van der Waals surface area contributed by atoms with Gasteiger partial charge < -0.3 is 14.7 Å². The molecule has 0 saturated heterocycles. The summed E-state index contributed by atoms with van der Waals surface area (Å²) >= 11 is 0. The highest BCUT2D eigenvalue weighted by Crippen LogP contribution is 2.37. The molecule has 0 spiro atoms. The molecule has 138 valence electrons. The van der Waals surface area contributed by atoms with Crippen molar-refractivity contribution in [2.45, 2.75) is 19.9 Å². The lowest BCUT2D eigenvalue weighted by molar-refractivity contribution is -0.136. The summed E-state index contributed by atoms with van der Waals surface area (Å²) < 4.78 is 4.92. The van der Waals surface area contributed by atoms with Gasteiger partial charge in [-0.25, -0.2) is 4.79 Å². The van der Waals surface area contributed by atoms with E-state index in [0.717, 1.165) is 5.56 Å². The Balaban J connectivity index is 2.08. The minimum Gasteiger partial charge on any atom is -0.508 e. The molecule has 2 aromatic rings. The van der Waals surface area contributed by atoms with Gasteiger partial charge in [0, 0.05) is 5.70 Å². The second-order valence-corrected chi connectivity index (χ2v) is 6.36. The van der Waals surface area contributed by atoms with Crippen LogP contribution < -0.4 is 0 Å². The Labute approximate surface area is 158 Å². The fourth-order valence-corrected chi connectivity index (χ4v) is 3.28. The molecule has 5 heteroatoms. The van der Waals surface area contributed by atoms with E-state index in [4.69, 9.17) is 4.74 Å². The zero-order valence-corrected chi connectivity index (χ0v) is 15.5. The van der Waals surface area contributed by atoms with E-state index in [9.17, 15) is 14.7 Å². The highest BCUT2D eigenvalue weighted by Gasteiger charge is 2.39. The number of carbonyl (C=O) groups excluding carboxylic acids is 2. The van der Waals surface area contributed by atoms with E-state index in [1.165, 1.54) is 19.2 Å². The SMILES string of the molecule is COC(=O)C1=C(C)N([C@H](C)c2ccccc2)C(=O)/C1=C\c1ccc(O)cc1. The van der Waals surface area contributed by atoms with E-state index in [1.54, 1.807) is 30.0 Å². The van der Waals surface area contributed by atoms with Gasteiger partial charge in [-0.2, -0.15) is 0 Å². The van der Waals surface area contributed by atoms with Gasteiger partial charge >= 0.3 is 5.97 Å². The van der Waals surface area contributed by atoms with Crippen LogP contribution in [0.25, 0.3) is 6.08 Å². The molecule has 0 aromatic heterocycles. The lowest BCUT2D eigenvalue weighted by Gasteiger charge is -2.26. The van der Waals surface area contributed by atoms with E-state index in [-0.39, 0.29) is 28.8 Å². The van der Waals surface area contributed by atoms with Crippen molar-refractivity contribution in [3.63, 3.8) is 0 Å². The molecule has 3 rings (SSSR count). The third-order valence-corrected chi connectivity index (χ3v) is 4.70. The van der Waals surface area contributed by atoms with Crippen molar-refractivity contribution in [2.75, 3.05) is 7.11 Å². The summed E-state index contributed by atoms with van der Waals surface area (Å²) in [6, 6.07) is 15.8. The Morgan fingerprint density at radius 3 is 2.33 bits per heavy atom. The number of ether oxygens (including phenoxy) is 1. The molecule has 1 aliphatic rings. The Morgan fingerprint density at radius 1 is 1.11 bits per heavy atom. The monoisotopic (exact) mass is 363 g/mol. The number of esters is 1. The van der Waals surface area contributed by atoms with Crippen LogP contribution in [0.15, 0.2) is 71.4 Å². The van der Waals surface area contributed by atoms with Gasteiger partial charge in [0.1, 0.15) is 5.75 Å². The third kappa shape index (κ3) is 3.49. The summed E-state index contributed by atoms with van der Waals surface area (Å²) in [5, 5.41) is 9.45. The van der Waals surface area contributed by atoms with Crippen molar-refractivity contribution in [1.29, 1.82) is 0 Å². The number of benzene rings is 2. The number of aromatic hydroxyl groups is 1. The van der Waals surface area contributed by atoms with Crippen LogP contribution in [-0.4, -0.2) is 29.0 Å². The van der Waals surface area contributed by atoms with Gasteiger partial charge in [0.25, 0.3) is 5.91 Å². The average Bonchev–Trinajstić information content (AvgIpc) is 2.93. The summed E-state index contributed by atoms with van der Waals surface area (Å²) in [6.07, 6.45) is 1.65. The molecular weight excluding hydrogens is 342 g/mol. The van der Waals surface area contributed by atoms with Gasteiger partial charge in [-0.05, 0) is 43.2 Å². The minimum absolute atomic E-state index is 0.133. The minimum atomic E-state index is -0.548. The van der Waals surface area contributed by atoms with Crippen molar-refractivity contribution >= 4 is 18.0 Å². The molecule has 5 nitrogen and oxygen atoms in total. The molecule has 0 aliphatic carbocycles. The summed E-state index contributed by atoms with van der Waals surface area (Å²) in [5.74, 6) is -0.667.